The van der Waals surface area contributed by atoms with Crippen molar-refractivity contribution in [3.8, 4) is 0 Å². The van der Waals surface area contributed by atoms with Gasteiger partial charge in [-0.3, -0.25) is 4.79 Å². The molecule has 0 radical (unpaired) electrons. The van der Waals surface area contributed by atoms with Gasteiger partial charge in [-0.2, -0.15) is 17.0 Å². The first-order valence-corrected chi connectivity index (χ1v) is 9.98. The molecule has 146 valence electrons. The van der Waals surface area contributed by atoms with Crippen molar-refractivity contribution in [2.45, 2.75) is 25.3 Å². The number of hydrogen-bond donors (Lipinski definition) is 1. The Hall–Kier alpha value is -1.55. The summed E-state index contributed by atoms with van der Waals surface area (Å²) in [6, 6.07) is 5.71. The Kier molecular flexibility index (Phi) is 7.51. The van der Waals surface area contributed by atoms with E-state index >= 15 is 0 Å². The molecule has 1 saturated heterocycles. The topological polar surface area (TPSA) is 79.0 Å². The van der Waals surface area contributed by atoms with Crippen molar-refractivity contribution in [1.29, 1.82) is 0 Å². The second-order valence-electron chi connectivity index (χ2n) is 6.40. The number of hydrogen-bond acceptors (Lipinski definition) is 4. The van der Waals surface area contributed by atoms with Crippen molar-refractivity contribution in [3.63, 3.8) is 0 Å². The molecular weight excluding hydrogens is 361 g/mol. The number of amides is 1. The van der Waals surface area contributed by atoms with Crippen molar-refractivity contribution in [2.24, 2.45) is 0 Å². The van der Waals surface area contributed by atoms with Crippen LogP contribution in [0, 0.1) is 5.82 Å². The van der Waals surface area contributed by atoms with Crippen LogP contribution in [0.5, 0.6) is 0 Å². The molecular formula is C17H26FN3O4S. The Labute approximate surface area is 154 Å². The van der Waals surface area contributed by atoms with E-state index < -0.39 is 16.0 Å². The highest BCUT2D eigenvalue weighted by atomic mass is 32.2. The lowest BCUT2D eigenvalue weighted by Crippen LogP contribution is -2.50. The van der Waals surface area contributed by atoms with Gasteiger partial charge in [-0.05, 0) is 30.5 Å². The molecule has 0 unspecified atom stereocenters. The Balaban J connectivity index is 1.93. The molecule has 9 heteroatoms. The molecule has 1 aliphatic heterocycles. The summed E-state index contributed by atoms with van der Waals surface area (Å²) in [6.07, 6.45) is 1.31. The number of nitrogens with zero attached hydrogens (tertiary/aromatic N) is 2. The predicted octanol–water partition coefficient (Wildman–Crippen LogP) is 0.772. The summed E-state index contributed by atoms with van der Waals surface area (Å²) in [5.74, 6) is -0.664. The summed E-state index contributed by atoms with van der Waals surface area (Å²) in [6.45, 7) is 1.42. The molecule has 0 atom stereocenters. The van der Waals surface area contributed by atoms with E-state index in [9.17, 15) is 17.6 Å². The maximum absolute atomic E-state index is 13.2. The molecule has 1 aromatic rings. The van der Waals surface area contributed by atoms with Crippen LogP contribution in [0.25, 0.3) is 0 Å². The fourth-order valence-electron chi connectivity index (χ4n) is 2.87. The Morgan fingerprint density at radius 2 is 2.00 bits per heavy atom. The van der Waals surface area contributed by atoms with Crippen LogP contribution >= 0.6 is 0 Å². The van der Waals surface area contributed by atoms with Crippen molar-refractivity contribution < 1.29 is 22.3 Å². The zero-order chi connectivity index (χ0) is 19.2. The first-order chi connectivity index (χ1) is 12.3. The highest BCUT2D eigenvalue weighted by Gasteiger charge is 2.32. The third-order valence-corrected chi connectivity index (χ3v) is 6.26. The molecule has 1 aliphatic rings. The van der Waals surface area contributed by atoms with Gasteiger partial charge < -0.3 is 10.1 Å². The zero-order valence-corrected chi connectivity index (χ0v) is 16.0. The third-order valence-electron chi connectivity index (χ3n) is 4.26. The summed E-state index contributed by atoms with van der Waals surface area (Å²) in [5, 5.41) is 2.71. The van der Waals surface area contributed by atoms with Gasteiger partial charge in [0.2, 0.25) is 5.91 Å². The van der Waals surface area contributed by atoms with Crippen molar-refractivity contribution in [3.05, 3.63) is 35.6 Å². The first-order valence-electron chi connectivity index (χ1n) is 8.59. The summed E-state index contributed by atoms with van der Waals surface area (Å²) < 4.78 is 46.3. The predicted molar refractivity (Wildman–Crippen MR) is 96.3 cm³/mol. The van der Waals surface area contributed by atoms with Crippen LogP contribution in [0.2, 0.25) is 0 Å². The fourth-order valence-corrected chi connectivity index (χ4v) is 4.20. The molecule has 1 N–H and O–H groups in total. The lowest BCUT2D eigenvalue weighted by molar-refractivity contribution is -0.120. The van der Waals surface area contributed by atoms with Crippen LogP contribution in [0.1, 0.15) is 18.4 Å². The van der Waals surface area contributed by atoms with Crippen LogP contribution in [-0.2, 0) is 26.2 Å². The Morgan fingerprint density at radius 1 is 1.31 bits per heavy atom. The molecule has 1 fully saturated rings. The van der Waals surface area contributed by atoms with Gasteiger partial charge in [0.15, 0.2) is 0 Å². The minimum atomic E-state index is -3.59. The van der Waals surface area contributed by atoms with Crippen LogP contribution in [-0.4, -0.2) is 69.4 Å². The smallest absolute Gasteiger partial charge is 0.281 e. The quantitative estimate of drug-likeness (QED) is 0.715. The summed E-state index contributed by atoms with van der Waals surface area (Å²) >= 11 is 0. The van der Waals surface area contributed by atoms with Crippen LogP contribution in [0.4, 0.5) is 4.39 Å². The fraction of sp³-hybridized carbons (Fsp3) is 0.588. The largest absolute Gasteiger partial charge is 0.381 e. The minimum Gasteiger partial charge on any atom is -0.381 e. The van der Waals surface area contributed by atoms with E-state index in [0.29, 0.717) is 31.6 Å². The Morgan fingerprint density at radius 3 is 2.62 bits per heavy atom. The van der Waals surface area contributed by atoms with Gasteiger partial charge in [-0.15, -0.1) is 0 Å². The average molecular weight is 387 g/mol. The monoisotopic (exact) mass is 387 g/mol. The number of halogens is 1. The normalized spacial score (nSPS) is 16.2. The molecule has 0 aromatic heterocycles. The molecule has 0 saturated carbocycles. The van der Waals surface area contributed by atoms with Crippen LogP contribution in [0.15, 0.2) is 24.3 Å². The molecule has 0 spiro atoms. The van der Waals surface area contributed by atoms with Crippen molar-refractivity contribution in [1.82, 2.24) is 13.9 Å². The zero-order valence-electron chi connectivity index (χ0n) is 15.2. The van der Waals surface area contributed by atoms with E-state index in [1.807, 2.05) is 0 Å². The first kappa shape index (κ1) is 20.8. The molecule has 1 aromatic carbocycles. The van der Waals surface area contributed by atoms with Gasteiger partial charge in [-0.1, -0.05) is 12.1 Å². The van der Waals surface area contributed by atoms with Crippen molar-refractivity contribution in [2.75, 3.05) is 40.4 Å². The second-order valence-corrected chi connectivity index (χ2v) is 8.50. The second kappa shape index (κ2) is 9.40. The number of carbonyl (C=O) groups is 1. The van der Waals surface area contributed by atoms with E-state index in [1.54, 1.807) is 12.1 Å². The maximum Gasteiger partial charge on any atom is 0.281 e. The number of ether oxygens (including phenoxy) is 1. The summed E-state index contributed by atoms with van der Waals surface area (Å²) in [4.78, 5) is 12.0. The molecule has 0 bridgehead atoms. The number of rotatable bonds is 8. The molecule has 26 heavy (non-hydrogen) atoms. The van der Waals surface area contributed by atoms with Crippen LogP contribution in [0.3, 0.4) is 0 Å². The van der Waals surface area contributed by atoms with E-state index in [0.717, 1.165) is 0 Å². The lowest BCUT2D eigenvalue weighted by atomic mass is 10.1. The van der Waals surface area contributed by atoms with Gasteiger partial charge in [0.25, 0.3) is 10.2 Å². The van der Waals surface area contributed by atoms with Gasteiger partial charge in [0.1, 0.15) is 5.82 Å². The third kappa shape index (κ3) is 5.73. The van der Waals surface area contributed by atoms with Crippen molar-refractivity contribution >= 4 is 16.1 Å². The number of benzene rings is 1. The molecule has 0 aliphatic carbocycles. The molecule has 1 amide bonds. The van der Waals surface area contributed by atoms with E-state index in [-0.39, 0.29) is 31.5 Å². The van der Waals surface area contributed by atoms with E-state index in [4.69, 9.17) is 4.74 Å². The molecule has 7 nitrogen and oxygen atoms in total. The minimum absolute atomic E-state index is 0.0511. The lowest BCUT2D eigenvalue weighted by Gasteiger charge is -2.34. The van der Waals surface area contributed by atoms with Gasteiger partial charge in [0.05, 0.1) is 6.42 Å². The van der Waals surface area contributed by atoms with E-state index in [2.05, 4.69) is 5.32 Å². The average Bonchev–Trinajstić information content (AvgIpc) is 2.59. The van der Waals surface area contributed by atoms with Gasteiger partial charge in [-0.25, -0.2) is 4.39 Å². The maximum atomic E-state index is 13.2. The highest BCUT2D eigenvalue weighted by molar-refractivity contribution is 7.86. The number of nitrogens with one attached hydrogen (secondary N) is 1. The van der Waals surface area contributed by atoms with E-state index in [1.165, 1.54) is 34.8 Å². The van der Waals surface area contributed by atoms with Gasteiger partial charge >= 0.3 is 0 Å². The highest BCUT2D eigenvalue weighted by Crippen LogP contribution is 2.19. The molecule has 1 heterocycles. The van der Waals surface area contributed by atoms with Gasteiger partial charge in [0, 0.05) is 46.4 Å². The summed E-state index contributed by atoms with van der Waals surface area (Å²) in [7, 11) is -0.610. The SMILES string of the molecule is CN(C)S(=O)(=O)N(CCNC(=O)Cc1cccc(F)c1)C1CCOCC1. The molecule has 2 rings (SSSR count). The van der Waals surface area contributed by atoms with Crippen LogP contribution < -0.4 is 5.32 Å². The number of carbonyl (C=O) groups excluding carboxylic acids is 1. The Bertz CT molecular complexity index is 706. The standard InChI is InChI=1S/C17H26FN3O4S/c1-20(2)26(23,24)21(16-6-10-25-11-7-16)9-8-19-17(22)13-14-4-3-5-15(18)12-14/h3-5,12,16H,6-11,13H2,1-2H3,(H,19,22). The summed E-state index contributed by atoms with van der Waals surface area (Å²) in [5.41, 5.74) is 0.574.